The number of azo groups is 1. The summed E-state index contributed by atoms with van der Waals surface area (Å²) in [6.07, 6.45) is 0. The van der Waals surface area contributed by atoms with Gasteiger partial charge in [-0.1, -0.05) is 11.6 Å². The van der Waals surface area contributed by atoms with E-state index in [1.54, 1.807) is 30.3 Å². The van der Waals surface area contributed by atoms with Gasteiger partial charge in [0.2, 0.25) is 0 Å². The van der Waals surface area contributed by atoms with Crippen molar-refractivity contribution in [1.82, 2.24) is 0 Å². The van der Waals surface area contributed by atoms with Crippen LogP contribution in [-0.4, -0.2) is 18.1 Å². The summed E-state index contributed by atoms with van der Waals surface area (Å²) in [5.41, 5.74) is 6.08. The molecule has 7 nitrogen and oxygen atoms in total. The van der Waals surface area contributed by atoms with Crippen LogP contribution in [0.5, 0.6) is 5.75 Å². The minimum absolute atomic E-state index is 0.326. The Morgan fingerprint density at radius 2 is 1.68 bits per heavy atom. The molecule has 0 bridgehead atoms. The summed E-state index contributed by atoms with van der Waals surface area (Å²) in [5, 5.41) is 19.3. The van der Waals surface area contributed by atoms with E-state index in [9.17, 15) is 18.1 Å². The fourth-order valence-corrected chi connectivity index (χ4v) is 3.06. The van der Waals surface area contributed by atoms with E-state index in [0.29, 0.717) is 27.2 Å². The number of anilines is 1. The number of nitrogens with two attached hydrogens (primary N) is 1. The third-order valence-corrected chi connectivity index (χ3v) is 4.56. The third-order valence-electron chi connectivity index (χ3n) is 3.45. The van der Waals surface area contributed by atoms with Crippen molar-refractivity contribution in [3.63, 3.8) is 0 Å². The number of halogens is 1. The zero-order valence-electron chi connectivity index (χ0n) is 12.6. The Morgan fingerprint density at radius 3 is 2.32 bits per heavy atom. The number of hydrogen-bond donors (Lipinski definition) is 3. The topological polar surface area (TPSA) is 125 Å². The maximum atomic E-state index is 11.7. The Morgan fingerprint density at radius 1 is 1.00 bits per heavy atom. The van der Waals surface area contributed by atoms with Crippen LogP contribution in [0.25, 0.3) is 10.8 Å². The van der Waals surface area contributed by atoms with E-state index >= 15 is 0 Å². The molecule has 0 aliphatic heterocycles. The molecule has 0 heterocycles. The van der Waals surface area contributed by atoms with Crippen molar-refractivity contribution >= 4 is 49.6 Å². The molecule has 0 atom stereocenters. The van der Waals surface area contributed by atoms with E-state index in [2.05, 4.69) is 10.2 Å². The van der Waals surface area contributed by atoms with Crippen molar-refractivity contribution in [1.29, 1.82) is 0 Å². The van der Waals surface area contributed by atoms with Crippen LogP contribution < -0.4 is 5.73 Å². The minimum Gasteiger partial charge on any atom is -0.505 e. The predicted molar refractivity (Wildman–Crippen MR) is 95.5 cm³/mol. The number of fused-ring (bicyclic) bond motifs is 1. The van der Waals surface area contributed by atoms with Crippen LogP contribution in [0, 0.1) is 0 Å². The Hall–Kier alpha value is -2.68. The van der Waals surface area contributed by atoms with Gasteiger partial charge in [0, 0.05) is 16.1 Å². The molecule has 3 rings (SSSR count). The zero-order chi connectivity index (χ0) is 18.2. The molecule has 0 saturated carbocycles. The molecule has 0 amide bonds. The molecule has 0 aliphatic rings. The highest BCUT2D eigenvalue weighted by Crippen LogP contribution is 2.41. The summed E-state index contributed by atoms with van der Waals surface area (Å²) < 4.78 is 32.8. The zero-order valence-corrected chi connectivity index (χ0v) is 14.2. The first-order valence-electron chi connectivity index (χ1n) is 6.96. The summed E-state index contributed by atoms with van der Waals surface area (Å²) in [6.45, 7) is 0. The number of phenolic OH excluding ortho intramolecular Hbond substituents is 1. The third kappa shape index (κ3) is 3.55. The van der Waals surface area contributed by atoms with Gasteiger partial charge in [0.25, 0.3) is 10.1 Å². The van der Waals surface area contributed by atoms with E-state index in [4.69, 9.17) is 17.3 Å². The lowest BCUT2D eigenvalue weighted by Gasteiger charge is -2.09. The van der Waals surface area contributed by atoms with E-state index in [1.165, 1.54) is 18.2 Å². The van der Waals surface area contributed by atoms with Crippen LogP contribution in [0.15, 0.2) is 63.7 Å². The SMILES string of the molecule is Nc1ccc2c(O)c(N=Nc3ccc(Cl)cc3)c(S(=O)(=O)O)cc2c1. The first-order chi connectivity index (χ1) is 11.8. The van der Waals surface area contributed by atoms with Gasteiger partial charge in [-0.3, -0.25) is 4.55 Å². The predicted octanol–water partition coefficient (Wildman–Crippen LogP) is 4.44. The van der Waals surface area contributed by atoms with Gasteiger partial charge in [0.1, 0.15) is 10.6 Å². The Labute approximate surface area is 148 Å². The van der Waals surface area contributed by atoms with E-state index in [1.807, 2.05) is 0 Å². The van der Waals surface area contributed by atoms with Crippen molar-refractivity contribution in [3.05, 3.63) is 53.6 Å². The highest BCUT2D eigenvalue weighted by Gasteiger charge is 2.22. The summed E-state index contributed by atoms with van der Waals surface area (Å²) in [6, 6.07) is 12.0. The van der Waals surface area contributed by atoms with Crippen LogP contribution in [0.3, 0.4) is 0 Å². The quantitative estimate of drug-likeness (QED) is 0.353. The molecular weight excluding hydrogens is 366 g/mol. The molecule has 0 fully saturated rings. The first-order valence-corrected chi connectivity index (χ1v) is 8.77. The Kier molecular flexibility index (Phi) is 4.34. The molecule has 3 aromatic rings. The van der Waals surface area contributed by atoms with Crippen LogP contribution in [0.4, 0.5) is 17.1 Å². The Bertz CT molecular complexity index is 1100. The maximum Gasteiger partial charge on any atom is 0.296 e. The van der Waals surface area contributed by atoms with Crippen LogP contribution in [-0.2, 0) is 10.1 Å². The smallest absolute Gasteiger partial charge is 0.296 e. The maximum absolute atomic E-state index is 11.7. The molecule has 0 aromatic heterocycles. The van der Waals surface area contributed by atoms with Gasteiger partial charge >= 0.3 is 0 Å². The van der Waals surface area contributed by atoms with Gasteiger partial charge in [0.05, 0.1) is 5.69 Å². The van der Waals surface area contributed by atoms with E-state index in [0.717, 1.165) is 0 Å². The van der Waals surface area contributed by atoms with Crippen molar-refractivity contribution in [2.75, 3.05) is 5.73 Å². The highest BCUT2D eigenvalue weighted by molar-refractivity contribution is 7.86. The summed E-state index contributed by atoms with van der Waals surface area (Å²) in [7, 11) is -4.65. The van der Waals surface area contributed by atoms with Gasteiger partial charge < -0.3 is 10.8 Å². The molecule has 0 saturated heterocycles. The highest BCUT2D eigenvalue weighted by atomic mass is 35.5. The van der Waals surface area contributed by atoms with Gasteiger partial charge in [-0.15, -0.1) is 5.11 Å². The minimum atomic E-state index is -4.65. The number of phenols is 1. The molecule has 9 heteroatoms. The average Bonchev–Trinajstić information content (AvgIpc) is 2.54. The van der Waals surface area contributed by atoms with Crippen LogP contribution in [0.1, 0.15) is 0 Å². The van der Waals surface area contributed by atoms with Gasteiger partial charge in [-0.05, 0) is 53.9 Å². The molecular formula is C16H12ClN3O4S. The lowest BCUT2D eigenvalue weighted by atomic mass is 10.1. The number of nitrogens with zero attached hydrogens (tertiary/aromatic N) is 2. The van der Waals surface area contributed by atoms with E-state index in [-0.39, 0.29) is 5.69 Å². The van der Waals surface area contributed by atoms with Gasteiger partial charge in [-0.25, -0.2) is 0 Å². The van der Waals surface area contributed by atoms with Crippen LogP contribution >= 0.6 is 11.6 Å². The fraction of sp³-hybridized carbons (Fsp3) is 0. The second-order valence-corrected chi connectivity index (χ2v) is 7.03. The molecule has 0 radical (unpaired) electrons. The second-order valence-electron chi connectivity index (χ2n) is 5.20. The molecule has 3 aromatic carbocycles. The summed E-state index contributed by atoms with van der Waals surface area (Å²) in [4.78, 5) is -0.569. The van der Waals surface area contributed by atoms with E-state index < -0.39 is 20.8 Å². The molecule has 128 valence electrons. The monoisotopic (exact) mass is 377 g/mol. The number of rotatable bonds is 3. The number of nitrogen functional groups attached to an aromatic ring is 1. The van der Waals surface area contributed by atoms with Crippen molar-refractivity contribution in [2.24, 2.45) is 10.2 Å². The van der Waals surface area contributed by atoms with Crippen molar-refractivity contribution in [3.8, 4) is 5.75 Å². The first kappa shape index (κ1) is 17.2. The molecule has 0 aliphatic carbocycles. The number of aromatic hydroxyl groups is 1. The lowest BCUT2D eigenvalue weighted by Crippen LogP contribution is -1.99. The number of hydrogen-bond acceptors (Lipinski definition) is 6. The molecule has 0 unspecified atom stereocenters. The van der Waals surface area contributed by atoms with Gasteiger partial charge in [-0.2, -0.15) is 13.5 Å². The Balaban J connectivity index is 2.23. The lowest BCUT2D eigenvalue weighted by molar-refractivity contribution is 0.472. The van der Waals surface area contributed by atoms with Gasteiger partial charge in [0.15, 0.2) is 5.75 Å². The fourth-order valence-electron chi connectivity index (χ4n) is 2.28. The summed E-state index contributed by atoms with van der Waals surface area (Å²) in [5.74, 6) is -0.428. The van der Waals surface area contributed by atoms with Crippen molar-refractivity contribution in [2.45, 2.75) is 4.90 Å². The number of benzene rings is 3. The summed E-state index contributed by atoms with van der Waals surface area (Å²) >= 11 is 5.78. The molecule has 25 heavy (non-hydrogen) atoms. The molecule has 0 spiro atoms. The average molecular weight is 378 g/mol. The largest absolute Gasteiger partial charge is 0.505 e. The van der Waals surface area contributed by atoms with Crippen LogP contribution in [0.2, 0.25) is 5.02 Å². The standard InChI is InChI=1S/C16H12ClN3O4S/c17-10-1-4-12(5-2-10)19-20-15-14(25(22,23)24)8-9-7-11(18)3-6-13(9)16(15)21/h1-8,21H,18H2,(H,22,23,24). The normalized spacial score (nSPS) is 12.1. The molecule has 4 N–H and O–H groups in total. The second kappa shape index (κ2) is 6.32. The van der Waals surface area contributed by atoms with Crippen molar-refractivity contribution < 1.29 is 18.1 Å².